The summed E-state index contributed by atoms with van der Waals surface area (Å²) in [6.45, 7) is 0. The fourth-order valence-electron chi connectivity index (χ4n) is 2.65. The molecule has 0 spiro atoms. The Hall–Kier alpha value is -0.670. The molecule has 1 fully saturated rings. The van der Waals surface area contributed by atoms with Gasteiger partial charge in [-0.1, -0.05) is 12.1 Å². The Labute approximate surface area is 101 Å². The van der Waals surface area contributed by atoms with Crippen molar-refractivity contribution in [3.8, 4) is 5.75 Å². The molecule has 0 amide bonds. The zero-order valence-corrected chi connectivity index (χ0v) is 10.3. The predicted molar refractivity (Wildman–Crippen MR) is 67.2 cm³/mol. The number of hydrogen-bond acceptors (Lipinski definition) is 3. The van der Waals surface area contributed by atoms with E-state index in [-0.39, 0.29) is 5.54 Å². The first-order chi connectivity index (χ1) is 7.74. The van der Waals surface area contributed by atoms with Crippen LogP contribution in [0.1, 0.15) is 30.7 Å². The molecule has 16 heavy (non-hydrogen) atoms. The van der Waals surface area contributed by atoms with E-state index in [2.05, 4.69) is 12.1 Å². The second kappa shape index (κ2) is 3.67. The SMILES string of the molecule is COc1cccc2c1SCCC2C1(N)CC1. The maximum Gasteiger partial charge on any atom is 0.132 e. The molecule has 1 atom stereocenters. The van der Waals surface area contributed by atoms with Crippen molar-refractivity contribution in [3.05, 3.63) is 23.8 Å². The fraction of sp³-hybridized carbons (Fsp3) is 0.538. The van der Waals surface area contributed by atoms with E-state index in [1.54, 1.807) is 7.11 Å². The van der Waals surface area contributed by atoms with E-state index in [0.29, 0.717) is 5.92 Å². The topological polar surface area (TPSA) is 35.2 Å². The summed E-state index contributed by atoms with van der Waals surface area (Å²) in [5.41, 5.74) is 7.88. The van der Waals surface area contributed by atoms with Gasteiger partial charge in [-0.2, -0.15) is 0 Å². The van der Waals surface area contributed by atoms with Crippen LogP contribution in [0, 0.1) is 0 Å². The van der Waals surface area contributed by atoms with Gasteiger partial charge in [0.05, 0.1) is 12.0 Å². The van der Waals surface area contributed by atoms with Crippen molar-refractivity contribution in [1.29, 1.82) is 0 Å². The summed E-state index contributed by atoms with van der Waals surface area (Å²) in [5, 5.41) is 0. The maximum atomic E-state index is 6.38. The van der Waals surface area contributed by atoms with Crippen LogP contribution in [0.5, 0.6) is 5.75 Å². The van der Waals surface area contributed by atoms with E-state index in [1.165, 1.54) is 29.7 Å². The molecule has 1 saturated carbocycles. The van der Waals surface area contributed by atoms with E-state index in [0.717, 1.165) is 11.5 Å². The highest BCUT2D eigenvalue weighted by Gasteiger charge is 2.47. The zero-order chi connectivity index (χ0) is 11.2. The first-order valence-corrected chi connectivity index (χ1v) is 6.82. The van der Waals surface area contributed by atoms with E-state index in [1.807, 2.05) is 17.8 Å². The van der Waals surface area contributed by atoms with E-state index >= 15 is 0 Å². The van der Waals surface area contributed by atoms with Gasteiger partial charge in [-0.05, 0) is 36.6 Å². The Morgan fingerprint density at radius 1 is 1.44 bits per heavy atom. The number of ether oxygens (including phenoxy) is 1. The van der Waals surface area contributed by atoms with Crippen LogP contribution >= 0.6 is 11.8 Å². The number of nitrogens with two attached hydrogens (primary N) is 1. The molecule has 0 aromatic heterocycles. The first-order valence-electron chi connectivity index (χ1n) is 5.83. The molecule has 2 nitrogen and oxygen atoms in total. The summed E-state index contributed by atoms with van der Waals surface area (Å²) in [6, 6.07) is 6.36. The maximum absolute atomic E-state index is 6.38. The Bertz CT molecular complexity index is 414. The summed E-state index contributed by atoms with van der Waals surface area (Å²) in [4.78, 5) is 1.32. The second-order valence-electron chi connectivity index (χ2n) is 4.80. The van der Waals surface area contributed by atoms with Crippen molar-refractivity contribution in [1.82, 2.24) is 0 Å². The van der Waals surface area contributed by atoms with Gasteiger partial charge in [0.15, 0.2) is 0 Å². The molecule has 2 N–H and O–H groups in total. The minimum atomic E-state index is 0.0854. The smallest absolute Gasteiger partial charge is 0.132 e. The normalized spacial score (nSPS) is 26.0. The molecule has 1 aromatic carbocycles. The highest BCUT2D eigenvalue weighted by Crippen LogP contribution is 2.53. The minimum Gasteiger partial charge on any atom is -0.496 e. The average molecular weight is 235 g/mol. The number of thioether (sulfide) groups is 1. The Morgan fingerprint density at radius 3 is 2.94 bits per heavy atom. The van der Waals surface area contributed by atoms with Gasteiger partial charge in [0.2, 0.25) is 0 Å². The summed E-state index contributed by atoms with van der Waals surface area (Å²) in [5.74, 6) is 2.71. The monoisotopic (exact) mass is 235 g/mol. The summed E-state index contributed by atoms with van der Waals surface area (Å²) in [7, 11) is 1.75. The number of hydrogen-bond donors (Lipinski definition) is 1. The molecular formula is C13H17NOS. The zero-order valence-electron chi connectivity index (χ0n) is 9.53. The summed E-state index contributed by atoms with van der Waals surface area (Å²) in [6.07, 6.45) is 3.57. The third-order valence-electron chi connectivity index (χ3n) is 3.78. The van der Waals surface area contributed by atoms with Gasteiger partial charge in [0.25, 0.3) is 0 Å². The van der Waals surface area contributed by atoms with Gasteiger partial charge < -0.3 is 10.5 Å². The Morgan fingerprint density at radius 2 is 2.25 bits per heavy atom. The van der Waals surface area contributed by atoms with Crippen LogP contribution in [0.4, 0.5) is 0 Å². The van der Waals surface area contributed by atoms with Crippen molar-refractivity contribution in [3.63, 3.8) is 0 Å². The van der Waals surface area contributed by atoms with E-state index in [9.17, 15) is 0 Å². The number of methoxy groups -OCH3 is 1. The highest BCUT2D eigenvalue weighted by atomic mass is 32.2. The van der Waals surface area contributed by atoms with Crippen LogP contribution < -0.4 is 10.5 Å². The largest absolute Gasteiger partial charge is 0.496 e. The van der Waals surface area contributed by atoms with Crippen molar-refractivity contribution >= 4 is 11.8 Å². The van der Waals surface area contributed by atoms with Gasteiger partial charge in [0, 0.05) is 11.5 Å². The van der Waals surface area contributed by atoms with Crippen LogP contribution in [0.25, 0.3) is 0 Å². The molecule has 0 radical (unpaired) electrons. The van der Waals surface area contributed by atoms with Gasteiger partial charge in [-0.15, -0.1) is 11.8 Å². The summed E-state index contributed by atoms with van der Waals surface area (Å²) >= 11 is 1.91. The number of fused-ring (bicyclic) bond motifs is 1. The molecule has 0 saturated heterocycles. The molecular weight excluding hydrogens is 218 g/mol. The van der Waals surface area contributed by atoms with Crippen LogP contribution in [-0.4, -0.2) is 18.4 Å². The molecule has 86 valence electrons. The van der Waals surface area contributed by atoms with Crippen LogP contribution in [-0.2, 0) is 0 Å². The molecule has 1 heterocycles. The van der Waals surface area contributed by atoms with Gasteiger partial charge in [0.1, 0.15) is 5.75 Å². The molecule has 2 aliphatic rings. The quantitative estimate of drug-likeness (QED) is 0.856. The van der Waals surface area contributed by atoms with Crippen molar-refractivity contribution in [2.24, 2.45) is 5.73 Å². The third-order valence-corrected chi connectivity index (χ3v) is 4.94. The highest BCUT2D eigenvalue weighted by molar-refractivity contribution is 7.99. The third kappa shape index (κ3) is 1.54. The van der Waals surface area contributed by atoms with Crippen LogP contribution in [0.3, 0.4) is 0 Å². The van der Waals surface area contributed by atoms with Gasteiger partial charge in [-0.25, -0.2) is 0 Å². The molecule has 1 unspecified atom stereocenters. The van der Waals surface area contributed by atoms with E-state index < -0.39 is 0 Å². The predicted octanol–water partition coefficient (Wildman–Crippen LogP) is 2.77. The molecule has 1 aliphatic carbocycles. The minimum absolute atomic E-state index is 0.0854. The van der Waals surface area contributed by atoms with Gasteiger partial charge >= 0.3 is 0 Å². The lowest BCUT2D eigenvalue weighted by Gasteiger charge is -2.30. The number of benzene rings is 1. The Balaban J connectivity index is 2.05. The number of rotatable bonds is 2. The van der Waals surface area contributed by atoms with Crippen molar-refractivity contribution < 1.29 is 4.74 Å². The van der Waals surface area contributed by atoms with Crippen molar-refractivity contribution in [2.75, 3.05) is 12.9 Å². The summed E-state index contributed by atoms with van der Waals surface area (Å²) < 4.78 is 5.43. The molecule has 1 aliphatic heterocycles. The molecule has 3 heteroatoms. The standard InChI is InChI=1S/C13H17NOS/c1-15-11-4-2-3-9-10(13(14)6-7-13)5-8-16-12(9)11/h2-4,10H,5-8,14H2,1H3. The van der Waals surface area contributed by atoms with Crippen LogP contribution in [0.15, 0.2) is 23.1 Å². The molecule has 1 aromatic rings. The van der Waals surface area contributed by atoms with Crippen LogP contribution in [0.2, 0.25) is 0 Å². The lowest BCUT2D eigenvalue weighted by molar-refractivity contribution is 0.398. The van der Waals surface area contributed by atoms with Crippen molar-refractivity contribution in [2.45, 2.75) is 35.6 Å². The van der Waals surface area contributed by atoms with Gasteiger partial charge in [-0.3, -0.25) is 0 Å². The lowest BCUT2D eigenvalue weighted by atomic mass is 9.87. The lowest BCUT2D eigenvalue weighted by Crippen LogP contribution is -2.32. The second-order valence-corrected chi connectivity index (χ2v) is 5.91. The van der Waals surface area contributed by atoms with E-state index in [4.69, 9.17) is 10.5 Å². The fourth-order valence-corrected chi connectivity index (χ4v) is 3.87. The molecule has 0 bridgehead atoms. The Kier molecular flexibility index (Phi) is 2.41. The molecule has 3 rings (SSSR count). The first kappa shape index (κ1) is 10.5. The average Bonchev–Trinajstić information content (AvgIpc) is 3.07.